The van der Waals surface area contributed by atoms with Crippen molar-refractivity contribution in [2.45, 2.75) is 264 Å². The molecule has 362 valence electrons. The summed E-state index contributed by atoms with van der Waals surface area (Å²) in [4.78, 5) is 25.1. The lowest BCUT2D eigenvalue weighted by atomic mass is 10.0. The highest BCUT2D eigenvalue weighted by Crippen LogP contribution is 2.38. The monoisotopic (exact) mass is 883 g/mol. The van der Waals surface area contributed by atoms with Gasteiger partial charge >= 0.3 is 0 Å². The zero-order chi connectivity index (χ0) is 45.0. The zero-order valence-electron chi connectivity index (χ0n) is 41.1. The van der Waals surface area contributed by atoms with Crippen molar-refractivity contribution in [1.29, 1.82) is 0 Å². The molecule has 61 heavy (non-hydrogen) atoms. The molecule has 0 aliphatic carbocycles. The second-order valence-corrected chi connectivity index (χ2v) is 20.6. The molecule has 0 aromatic rings. The Bertz CT molecular complexity index is 1050. The van der Waals surface area contributed by atoms with Crippen molar-refractivity contribution in [1.82, 2.24) is 5.32 Å². The highest BCUT2D eigenvalue weighted by atomic mass is 31.2. The summed E-state index contributed by atoms with van der Waals surface area (Å²) in [7, 11) is 1.26. The molecule has 9 heteroatoms. The van der Waals surface area contributed by atoms with Gasteiger partial charge in [0.2, 0.25) is 5.91 Å². The van der Waals surface area contributed by atoms with Gasteiger partial charge in [0.25, 0.3) is 7.82 Å². The second kappa shape index (κ2) is 44.2. The first-order valence-corrected chi connectivity index (χ1v) is 27.7. The van der Waals surface area contributed by atoms with Gasteiger partial charge in [-0.2, -0.15) is 0 Å². The molecule has 0 radical (unpaired) electrons. The number of quaternary nitrogens is 1. The Morgan fingerprint density at radius 3 is 1.31 bits per heavy atom. The first kappa shape index (κ1) is 60.0. The van der Waals surface area contributed by atoms with E-state index >= 15 is 0 Å². The van der Waals surface area contributed by atoms with Crippen LogP contribution in [0.4, 0.5) is 0 Å². The second-order valence-electron chi connectivity index (χ2n) is 19.2. The van der Waals surface area contributed by atoms with Gasteiger partial charge in [0.1, 0.15) is 13.2 Å². The van der Waals surface area contributed by atoms with E-state index in [2.05, 4.69) is 31.3 Å². The van der Waals surface area contributed by atoms with Crippen molar-refractivity contribution in [3.05, 3.63) is 24.3 Å². The number of aliphatic hydroxyl groups is 1. The van der Waals surface area contributed by atoms with Gasteiger partial charge in [0.05, 0.1) is 39.9 Å². The Hall–Kier alpha value is -1.02. The Kier molecular flexibility index (Phi) is 43.5. The third-order valence-corrected chi connectivity index (χ3v) is 12.9. The lowest BCUT2D eigenvalue weighted by Gasteiger charge is -2.29. The summed E-state index contributed by atoms with van der Waals surface area (Å²) in [5.74, 6) is -0.203. The number of phosphoric ester groups is 1. The predicted molar refractivity (Wildman–Crippen MR) is 261 cm³/mol. The summed E-state index contributed by atoms with van der Waals surface area (Å²) >= 11 is 0. The van der Waals surface area contributed by atoms with Gasteiger partial charge in [-0.25, -0.2) is 0 Å². The first-order valence-electron chi connectivity index (χ1n) is 26.2. The molecule has 0 saturated heterocycles. The summed E-state index contributed by atoms with van der Waals surface area (Å²) in [6, 6.07) is -0.878. The van der Waals surface area contributed by atoms with Gasteiger partial charge in [-0.15, -0.1) is 0 Å². The van der Waals surface area contributed by atoms with Crippen LogP contribution in [0.15, 0.2) is 24.3 Å². The van der Waals surface area contributed by atoms with E-state index < -0.39 is 20.0 Å². The number of allylic oxidation sites excluding steroid dienone is 3. The molecule has 3 atom stereocenters. The minimum atomic E-state index is -4.57. The number of hydrogen-bond donors (Lipinski definition) is 2. The number of carbonyl (C=O) groups excluding carboxylic acids is 1. The van der Waals surface area contributed by atoms with Crippen LogP contribution in [0.5, 0.6) is 0 Å². The fourth-order valence-corrected chi connectivity index (χ4v) is 8.45. The Balaban J connectivity index is 3.68. The van der Waals surface area contributed by atoms with Gasteiger partial charge in [0.15, 0.2) is 0 Å². The molecule has 0 spiro atoms. The summed E-state index contributed by atoms with van der Waals surface area (Å²) in [5.41, 5.74) is 0. The summed E-state index contributed by atoms with van der Waals surface area (Å²) in [6.07, 6.45) is 54.9. The number of likely N-dealkylation sites (N-methyl/N-ethyl adjacent to an activating group) is 1. The molecule has 8 nitrogen and oxygen atoms in total. The summed E-state index contributed by atoms with van der Waals surface area (Å²) in [6.45, 7) is 4.50. The lowest BCUT2D eigenvalue weighted by molar-refractivity contribution is -0.870. The van der Waals surface area contributed by atoms with Gasteiger partial charge in [0, 0.05) is 6.42 Å². The third kappa shape index (κ3) is 46.8. The number of nitrogens with one attached hydrogen (secondary N) is 1. The van der Waals surface area contributed by atoms with E-state index in [-0.39, 0.29) is 19.1 Å². The number of carbonyl (C=O) groups is 1. The minimum absolute atomic E-state index is 0.000316. The molecule has 0 saturated carbocycles. The van der Waals surface area contributed by atoms with Crippen LogP contribution in [0.3, 0.4) is 0 Å². The third-order valence-electron chi connectivity index (χ3n) is 11.9. The van der Waals surface area contributed by atoms with E-state index in [9.17, 15) is 19.4 Å². The van der Waals surface area contributed by atoms with Crippen LogP contribution < -0.4 is 10.2 Å². The van der Waals surface area contributed by atoms with Crippen LogP contribution in [-0.4, -0.2) is 68.5 Å². The SMILES string of the molecule is CCCC/C=C/C(O)C(COP(=O)([O-])OCC[N+](C)(C)C)NC(=O)CCCCCCCCCCCCCCCCCCCCCCCCC/C=C\CCCCCCCCCC. The van der Waals surface area contributed by atoms with E-state index in [1.54, 1.807) is 6.08 Å². The quantitative estimate of drug-likeness (QED) is 0.0273. The van der Waals surface area contributed by atoms with Crippen molar-refractivity contribution in [3.63, 3.8) is 0 Å². The molecule has 3 unspecified atom stereocenters. The van der Waals surface area contributed by atoms with Crippen LogP contribution in [0, 0.1) is 0 Å². The fourth-order valence-electron chi connectivity index (χ4n) is 7.72. The maximum atomic E-state index is 12.7. The van der Waals surface area contributed by atoms with Gasteiger partial charge < -0.3 is 28.8 Å². The highest BCUT2D eigenvalue weighted by Gasteiger charge is 2.23. The molecular formula is C52H103N2O6P. The smallest absolute Gasteiger partial charge is 0.268 e. The van der Waals surface area contributed by atoms with Crippen LogP contribution in [-0.2, 0) is 18.4 Å². The van der Waals surface area contributed by atoms with Crippen molar-refractivity contribution < 1.29 is 32.9 Å². The topological polar surface area (TPSA) is 108 Å². The largest absolute Gasteiger partial charge is 0.756 e. The van der Waals surface area contributed by atoms with Crippen molar-refractivity contribution >= 4 is 13.7 Å². The predicted octanol–water partition coefficient (Wildman–Crippen LogP) is 14.6. The van der Waals surface area contributed by atoms with E-state index in [1.165, 1.54) is 193 Å². The van der Waals surface area contributed by atoms with Crippen LogP contribution in [0.2, 0.25) is 0 Å². The summed E-state index contributed by atoms with van der Waals surface area (Å²) in [5, 5.41) is 13.5. The van der Waals surface area contributed by atoms with E-state index in [0.29, 0.717) is 17.4 Å². The number of unbranched alkanes of at least 4 members (excludes halogenated alkanes) is 33. The van der Waals surface area contributed by atoms with E-state index in [4.69, 9.17) is 9.05 Å². The average molecular weight is 883 g/mol. The van der Waals surface area contributed by atoms with Gasteiger partial charge in [-0.1, -0.05) is 231 Å². The number of phosphoric acid groups is 1. The van der Waals surface area contributed by atoms with Crippen molar-refractivity contribution in [2.75, 3.05) is 40.9 Å². The maximum absolute atomic E-state index is 12.7. The van der Waals surface area contributed by atoms with E-state index in [0.717, 1.165) is 38.5 Å². The minimum Gasteiger partial charge on any atom is -0.756 e. The maximum Gasteiger partial charge on any atom is 0.268 e. The van der Waals surface area contributed by atoms with Gasteiger partial charge in [-0.3, -0.25) is 9.36 Å². The molecule has 1 amide bonds. The number of aliphatic hydroxyl groups excluding tert-OH is 1. The standard InChI is InChI=1S/C52H103N2O6P/c1-6-8-10-12-13-14-15-16-17-18-19-20-21-22-23-24-25-26-27-28-29-30-31-32-33-34-35-36-37-38-39-40-41-42-44-46-52(56)53-50(51(55)45-43-11-9-7-2)49-60-61(57,58)59-48-47-54(3,4)5/h18-19,43,45,50-51,55H,6-17,20-42,44,46-49H2,1-5H3,(H-,53,56,57,58)/b19-18-,45-43+. The molecule has 0 aliphatic rings. The molecule has 0 rings (SSSR count). The van der Waals surface area contributed by atoms with Gasteiger partial charge in [-0.05, 0) is 38.5 Å². The Morgan fingerprint density at radius 1 is 0.557 bits per heavy atom. The molecule has 0 heterocycles. The Morgan fingerprint density at radius 2 is 0.918 bits per heavy atom. The molecule has 0 aromatic carbocycles. The highest BCUT2D eigenvalue weighted by molar-refractivity contribution is 7.45. The molecule has 0 fully saturated rings. The number of rotatable bonds is 48. The van der Waals surface area contributed by atoms with Crippen molar-refractivity contribution in [3.8, 4) is 0 Å². The molecule has 0 aliphatic heterocycles. The number of nitrogens with zero attached hydrogens (tertiary/aromatic N) is 1. The fraction of sp³-hybridized carbons (Fsp3) is 0.904. The summed E-state index contributed by atoms with van der Waals surface area (Å²) < 4.78 is 23.0. The van der Waals surface area contributed by atoms with Crippen LogP contribution in [0.25, 0.3) is 0 Å². The Labute approximate surface area is 379 Å². The average Bonchev–Trinajstić information content (AvgIpc) is 3.21. The molecular weight excluding hydrogens is 780 g/mol. The molecule has 0 bridgehead atoms. The number of hydrogen-bond acceptors (Lipinski definition) is 6. The lowest BCUT2D eigenvalue weighted by Crippen LogP contribution is -2.45. The van der Waals surface area contributed by atoms with E-state index in [1.807, 2.05) is 27.2 Å². The van der Waals surface area contributed by atoms with Crippen LogP contribution in [0.1, 0.15) is 251 Å². The molecule has 2 N–H and O–H groups in total. The zero-order valence-corrected chi connectivity index (χ0v) is 42.0. The first-order chi connectivity index (χ1) is 29.5. The normalized spacial score (nSPS) is 14.3. The van der Waals surface area contributed by atoms with Crippen molar-refractivity contribution in [2.24, 2.45) is 0 Å². The van der Waals surface area contributed by atoms with Crippen LogP contribution >= 0.6 is 7.82 Å². The molecule has 0 aromatic heterocycles. The number of amides is 1.